The van der Waals surface area contributed by atoms with Gasteiger partial charge in [-0.3, -0.25) is 0 Å². The number of nitrogens with two attached hydrogens (primary N) is 1. The second-order valence-corrected chi connectivity index (χ2v) is 6.12. The predicted octanol–water partition coefficient (Wildman–Crippen LogP) is 2.11. The highest BCUT2D eigenvalue weighted by Gasteiger charge is 2.25. The summed E-state index contributed by atoms with van der Waals surface area (Å²) in [6.07, 6.45) is 6.98. The van der Waals surface area contributed by atoms with Crippen LogP contribution in [-0.2, 0) is 0 Å². The minimum absolute atomic E-state index is 0.280. The van der Waals surface area contributed by atoms with Gasteiger partial charge in [-0.25, -0.2) is 4.79 Å². The molecule has 2 atom stereocenters. The Balaban J connectivity index is 1.76. The van der Waals surface area contributed by atoms with Gasteiger partial charge in [0.1, 0.15) is 0 Å². The summed E-state index contributed by atoms with van der Waals surface area (Å²) >= 11 is 0. The average Bonchev–Trinajstić information content (AvgIpc) is 2.38. The van der Waals surface area contributed by atoms with Gasteiger partial charge in [0, 0.05) is 25.7 Å². The maximum atomic E-state index is 11.1. The fraction of sp³-hybridized carbons (Fsp3) is 0.800. The van der Waals surface area contributed by atoms with E-state index in [1.807, 2.05) is 0 Å². The first-order chi connectivity index (χ1) is 9.08. The Kier molecular flexibility index (Phi) is 4.86. The predicted molar refractivity (Wildman–Crippen MR) is 77.8 cm³/mol. The molecule has 1 fully saturated rings. The van der Waals surface area contributed by atoms with E-state index in [4.69, 9.17) is 5.73 Å². The third-order valence-corrected chi connectivity index (χ3v) is 4.79. The summed E-state index contributed by atoms with van der Waals surface area (Å²) in [7, 11) is 0. The molecule has 4 heteroatoms. The molecule has 1 heterocycles. The number of urea groups is 1. The van der Waals surface area contributed by atoms with Crippen molar-refractivity contribution in [1.82, 2.24) is 10.2 Å². The molecule has 0 spiro atoms. The van der Waals surface area contributed by atoms with Crippen molar-refractivity contribution < 1.29 is 4.79 Å². The van der Waals surface area contributed by atoms with Crippen molar-refractivity contribution in [3.05, 3.63) is 11.6 Å². The molecule has 0 unspecified atom stereocenters. The van der Waals surface area contributed by atoms with E-state index < -0.39 is 0 Å². The summed E-state index contributed by atoms with van der Waals surface area (Å²) < 4.78 is 0. The maximum Gasteiger partial charge on any atom is 0.314 e. The molecule has 4 nitrogen and oxygen atoms in total. The molecule has 2 rings (SSSR count). The second-order valence-electron chi connectivity index (χ2n) is 6.12. The number of hydrogen-bond donors (Lipinski definition) is 2. The third-order valence-electron chi connectivity index (χ3n) is 4.79. The van der Waals surface area contributed by atoms with Crippen molar-refractivity contribution in [2.45, 2.75) is 45.6 Å². The van der Waals surface area contributed by atoms with Gasteiger partial charge >= 0.3 is 6.03 Å². The maximum absolute atomic E-state index is 11.1. The number of carbonyl (C=O) groups excluding carboxylic acids is 1. The summed E-state index contributed by atoms with van der Waals surface area (Å²) in [6, 6.07) is 0.260. The smallest absolute Gasteiger partial charge is 0.314 e. The highest BCUT2D eigenvalue weighted by Crippen LogP contribution is 2.29. The van der Waals surface area contributed by atoms with Crippen LogP contribution in [0.3, 0.4) is 0 Å². The highest BCUT2D eigenvalue weighted by molar-refractivity contribution is 5.72. The zero-order valence-corrected chi connectivity index (χ0v) is 12.2. The lowest BCUT2D eigenvalue weighted by Crippen LogP contribution is -2.48. The number of likely N-dealkylation sites (tertiary alicyclic amines) is 1. The Labute approximate surface area is 116 Å². The number of carbonyl (C=O) groups is 1. The van der Waals surface area contributed by atoms with Gasteiger partial charge < -0.3 is 16.0 Å². The van der Waals surface area contributed by atoms with Crippen molar-refractivity contribution in [1.29, 1.82) is 0 Å². The van der Waals surface area contributed by atoms with Gasteiger partial charge in [-0.05, 0) is 44.4 Å². The van der Waals surface area contributed by atoms with Gasteiger partial charge in [-0.2, -0.15) is 0 Å². The van der Waals surface area contributed by atoms with Crippen LogP contribution in [0.25, 0.3) is 0 Å². The molecule has 108 valence electrons. The number of allylic oxidation sites excluding steroid dienone is 1. The van der Waals surface area contributed by atoms with E-state index in [1.54, 1.807) is 10.5 Å². The molecule has 19 heavy (non-hydrogen) atoms. The standard InChI is InChI=1S/C15H27N3O/c1-11-4-3-5-12(2)14(11)10-17-13-6-8-18(9-7-13)15(16)19/h4,12-14,17H,3,5-10H2,1-2H3,(H2,16,19)/t12-,14-/m0/s1. The zero-order valence-electron chi connectivity index (χ0n) is 12.2. The van der Waals surface area contributed by atoms with Crippen LogP contribution < -0.4 is 11.1 Å². The number of piperidine rings is 1. The molecule has 1 aliphatic carbocycles. The summed E-state index contributed by atoms with van der Waals surface area (Å²) in [4.78, 5) is 12.8. The van der Waals surface area contributed by atoms with Crippen molar-refractivity contribution in [2.75, 3.05) is 19.6 Å². The normalized spacial score (nSPS) is 29.2. The lowest BCUT2D eigenvalue weighted by Gasteiger charge is -2.34. The Hall–Kier alpha value is -1.03. The fourth-order valence-electron chi connectivity index (χ4n) is 3.34. The van der Waals surface area contributed by atoms with E-state index in [1.165, 1.54) is 12.8 Å². The van der Waals surface area contributed by atoms with Crippen molar-refractivity contribution in [2.24, 2.45) is 17.6 Å². The SMILES string of the molecule is CC1=CCC[C@H](C)[C@H]1CNC1CCN(C(N)=O)CC1. The molecular weight excluding hydrogens is 238 g/mol. The highest BCUT2D eigenvalue weighted by atomic mass is 16.2. The quantitative estimate of drug-likeness (QED) is 0.768. The van der Waals surface area contributed by atoms with Crippen LogP contribution in [0.2, 0.25) is 0 Å². The van der Waals surface area contributed by atoms with Crippen molar-refractivity contribution >= 4 is 6.03 Å². The summed E-state index contributed by atoms with van der Waals surface area (Å²) in [5.41, 5.74) is 6.84. The van der Waals surface area contributed by atoms with Crippen LogP contribution in [0.5, 0.6) is 0 Å². The number of rotatable bonds is 3. The van der Waals surface area contributed by atoms with Crippen LogP contribution in [0, 0.1) is 11.8 Å². The largest absolute Gasteiger partial charge is 0.351 e. The molecular formula is C15H27N3O. The topological polar surface area (TPSA) is 58.4 Å². The Bertz CT molecular complexity index is 345. The second kappa shape index (κ2) is 6.42. The molecule has 0 radical (unpaired) electrons. The lowest BCUT2D eigenvalue weighted by atomic mass is 9.80. The minimum atomic E-state index is -0.280. The van der Waals surface area contributed by atoms with Crippen LogP contribution in [-0.4, -0.2) is 36.6 Å². The molecule has 1 saturated heterocycles. The van der Waals surface area contributed by atoms with E-state index in [9.17, 15) is 4.79 Å². The molecule has 2 amide bonds. The monoisotopic (exact) mass is 265 g/mol. The summed E-state index contributed by atoms with van der Waals surface area (Å²) in [6.45, 7) is 7.28. The van der Waals surface area contributed by atoms with Crippen LogP contribution in [0.15, 0.2) is 11.6 Å². The van der Waals surface area contributed by atoms with Gasteiger partial charge in [-0.1, -0.05) is 18.6 Å². The molecule has 0 aromatic heterocycles. The van der Waals surface area contributed by atoms with E-state index in [0.717, 1.165) is 38.4 Å². The van der Waals surface area contributed by atoms with E-state index in [2.05, 4.69) is 25.2 Å². The first-order valence-corrected chi connectivity index (χ1v) is 7.52. The van der Waals surface area contributed by atoms with E-state index in [0.29, 0.717) is 12.0 Å². The first kappa shape index (κ1) is 14.4. The van der Waals surface area contributed by atoms with Crippen molar-refractivity contribution in [3.8, 4) is 0 Å². The Morgan fingerprint density at radius 2 is 2.11 bits per heavy atom. The number of hydrogen-bond acceptors (Lipinski definition) is 2. The molecule has 3 N–H and O–H groups in total. The van der Waals surface area contributed by atoms with Crippen LogP contribution >= 0.6 is 0 Å². The molecule has 1 aliphatic heterocycles. The summed E-state index contributed by atoms with van der Waals surface area (Å²) in [5, 5.41) is 3.69. The zero-order chi connectivity index (χ0) is 13.8. The average molecular weight is 265 g/mol. The molecule has 2 aliphatic rings. The van der Waals surface area contributed by atoms with E-state index in [-0.39, 0.29) is 6.03 Å². The number of amides is 2. The number of nitrogens with one attached hydrogen (secondary N) is 1. The van der Waals surface area contributed by atoms with Gasteiger partial charge in [0.05, 0.1) is 0 Å². The van der Waals surface area contributed by atoms with Gasteiger partial charge in [0.25, 0.3) is 0 Å². The Morgan fingerprint density at radius 1 is 1.42 bits per heavy atom. The number of nitrogens with zero attached hydrogens (tertiary/aromatic N) is 1. The molecule has 0 aromatic rings. The number of primary amides is 1. The molecule has 0 bridgehead atoms. The fourth-order valence-corrected chi connectivity index (χ4v) is 3.34. The minimum Gasteiger partial charge on any atom is -0.351 e. The first-order valence-electron chi connectivity index (χ1n) is 7.52. The lowest BCUT2D eigenvalue weighted by molar-refractivity contribution is 0.183. The Morgan fingerprint density at radius 3 is 2.68 bits per heavy atom. The van der Waals surface area contributed by atoms with Gasteiger partial charge in [0.15, 0.2) is 0 Å². The van der Waals surface area contributed by atoms with Gasteiger partial charge in [0.2, 0.25) is 0 Å². The third kappa shape index (κ3) is 3.72. The van der Waals surface area contributed by atoms with Crippen LogP contribution in [0.4, 0.5) is 4.79 Å². The van der Waals surface area contributed by atoms with Crippen molar-refractivity contribution in [3.63, 3.8) is 0 Å². The summed E-state index contributed by atoms with van der Waals surface area (Å²) in [5.74, 6) is 1.46. The molecule has 0 aromatic carbocycles. The van der Waals surface area contributed by atoms with Gasteiger partial charge in [-0.15, -0.1) is 0 Å². The van der Waals surface area contributed by atoms with Crippen LogP contribution in [0.1, 0.15) is 39.5 Å². The molecule has 0 saturated carbocycles. The van der Waals surface area contributed by atoms with E-state index >= 15 is 0 Å².